The fraction of sp³-hybridized carbons (Fsp3) is 0.286. The molecule has 3 aromatic rings. The van der Waals surface area contributed by atoms with Crippen LogP contribution in [0.5, 0.6) is 0 Å². The minimum atomic E-state index is -0.807. The third kappa shape index (κ3) is 7.69. The van der Waals surface area contributed by atoms with Crippen LogP contribution in [-0.2, 0) is 11.2 Å². The van der Waals surface area contributed by atoms with Gasteiger partial charge in [0.05, 0.1) is 11.6 Å². The van der Waals surface area contributed by atoms with Crippen LogP contribution >= 0.6 is 11.6 Å². The van der Waals surface area contributed by atoms with E-state index in [1.165, 1.54) is 0 Å². The largest absolute Gasteiger partial charge is 0.371 e. The fourth-order valence-electron chi connectivity index (χ4n) is 4.39. The van der Waals surface area contributed by atoms with E-state index in [4.69, 9.17) is 11.6 Å². The minimum Gasteiger partial charge on any atom is -0.371 e. The van der Waals surface area contributed by atoms with Crippen LogP contribution in [0.2, 0.25) is 5.02 Å². The first kappa shape index (κ1) is 26.0. The lowest BCUT2D eigenvalue weighted by molar-refractivity contribution is -0.123. The molecule has 1 atom stereocenters. The van der Waals surface area contributed by atoms with Crippen molar-refractivity contribution in [1.29, 1.82) is 5.26 Å². The number of aromatic nitrogens is 1. The van der Waals surface area contributed by atoms with Gasteiger partial charge in [-0.1, -0.05) is 23.7 Å². The van der Waals surface area contributed by atoms with Crippen molar-refractivity contribution in [3.05, 3.63) is 89.2 Å². The average Bonchev–Trinajstić information content (AvgIpc) is 2.93. The van der Waals surface area contributed by atoms with Gasteiger partial charge in [0.25, 0.3) is 0 Å². The number of hydrogen-bond donors (Lipinski definition) is 3. The maximum Gasteiger partial charge on any atom is 0.319 e. The number of halogens is 1. The van der Waals surface area contributed by atoms with Crippen LogP contribution < -0.4 is 20.9 Å². The molecule has 1 saturated heterocycles. The topological polar surface area (TPSA) is 110 Å². The number of carbonyl (C=O) groups excluding carboxylic acids is 2. The van der Waals surface area contributed by atoms with Crippen molar-refractivity contribution in [2.24, 2.45) is 5.92 Å². The molecule has 0 saturated carbocycles. The quantitative estimate of drug-likeness (QED) is 0.412. The molecule has 2 heterocycles. The molecule has 9 heteroatoms. The summed E-state index contributed by atoms with van der Waals surface area (Å²) in [6.07, 6.45) is 5.77. The van der Waals surface area contributed by atoms with Gasteiger partial charge in [0, 0.05) is 54.8 Å². The number of urea groups is 1. The van der Waals surface area contributed by atoms with Crippen molar-refractivity contribution >= 4 is 34.9 Å². The summed E-state index contributed by atoms with van der Waals surface area (Å²) in [5.41, 5.74) is 3.02. The summed E-state index contributed by atoms with van der Waals surface area (Å²) < 4.78 is 0. The van der Waals surface area contributed by atoms with Gasteiger partial charge in [-0.15, -0.1) is 0 Å². The number of nitrogens with one attached hydrogen (secondary N) is 3. The monoisotopic (exact) mass is 516 g/mol. The standard InChI is InChI=1S/C28H29ClN6O2/c29-23-4-6-24(7-5-23)33-28(37)34-26(17-21-2-1-3-22(16-21)18-30)27(36)32-19-20-10-14-35(15-11-20)25-8-12-31-13-9-25/h1-9,12-13,16,20,26H,10-11,14-15,17,19H2,(H,32,36)(H2,33,34,37). The number of carbonyl (C=O) groups is 2. The minimum absolute atomic E-state index is 0.259. The molecule has 3 amide bonds. The normalized spacial score (nSPS) is 14.3. The molecule has 37 heavy (non-hydrogen) atoms. The number of benzene rings is 2. The molecule has 190 valence electrons. The van der Waals surface area contributed by atoms with Crippen LogP contribution in [0.1, 0.15) is 24.0 Å². The zero-order valence-electron chi connectivity index (χ0n) is 20.4. The van der Waals surface area contributed by atoms with Crippen LogP contribution in [0.25, 0.3) is 0 Å². The number of nitrogens with zero attached hydrogens (tertiary/aromatic N) is 3. The molecular weight excluding hydrogens is 488 g/mol. The van der Waals surface area contributed by atoms with Gasteiger partial charge in [-0.3, -0.25) is 9.78 Å². The second-order valence-electron chi connectivity index (χ2n) is 9.06. The molecule has 0 spiro atoms. The Hall–Kier alpha value is -4.09. The number of amides is 3. The Bertz CT molecular complexity index is 1240. The van der Waals surface area contributed by atoms with Crippen molar-refractivity contribution in [3.63, 3.8) is 0 Å². The van der Waals surface area contributed by atoms with Crippen molar-refractivity contribution in [1.82, 2.24) is 15.6 Å². The number of pyridine rings is 1. The fourth-order valence-corrected chi connectivity index (χ4v) is 4.52. The molecule has 2 aromatic carbocycles. The summed E-state index contributed by atoms with van der Waals surface area (Å²) in [5, 5.41) is 18.4. The van der Waals surface area contributed by atoms with Gasteiger partial charge in [-0.05, 0) is 72.9 Å². The number of piperidine rings is 1. The number of anilines is 2. The van der Waals surface area contributed by atoms with E-state index in [1.807, 2.05) is 18.2 Å². The third-order valence-electron chi connectivity index (χ3n) is 6.43. The van der Waals surface area contributed by atoms with Gasteiger partial charge in [0.1, 0.15) is 6.04 Å². The van der Waals surface area contributed by atoms with Crippen molar-refractivity contribution in [2.75, 3.05) is 29.9 Å². The van der Waals surface area contributed by atoms with Crippen LogP contribution in [0.15, 0.2) is 73.1 Å². The van der Waals surface area contributed by atoms with E-state index in [0.717, 1.165) is 37.2 Å². The van der Waals surface area contributed by atoms with Gasteiger partial charge < -0.3 is 20.9 Å². The molecule has 4 rings (SSSR count). The third-order valence-corrected chi connectivity index (χ3v) is 6.68. The first-order valence-electron chi connectivity index (χ1n) is 12.2. The highest BCUT2D eigenvalue weighted by Crippen LogP contribution is 2.22. The zero-order chi connectivity index (χ0) is 26.0. The van der Waals surface area contributed by atoms with E-state index < -0.39 is 12.1 Å². The first-order chi connectivity index (χ1) is 18.0. The predicted octanol–water partition coefficient (Wildman–Crippen LogP) is 4.37. The zero-order valence-corrected chi connectivity index (χ0v) is 21.1. The molecule has 1 fully saturated rings. The first-order valence-corrected chi connectivity index (χ1v) is 12.6. The lowest BCUT2D eigenvalue weighted by Crippen LogP contribution is -2.50. The van der Waals surface area contributed by atoms with E-state index in [2.05, 4.69) is 31.9 Å². The Labute approximate surface area is 221 Å². The highest BCUT2D eigenvalue weighted by Gasteiger charge is 2.24. The smallest absolute Gasteiger partial charge is 0.319 e. The van der Waals surface area contributed by atoms with E-state index >= 15 is 0 Å². The summed E-state index contributed by atoms with van der Waals surface area (Å²) in [4.78, 5) is 32.3. The number of hydrogen-bond acceptors (Lipinski definition) is 5. The van der Waals surface area contributed by atoms with Crippen LogP contribution in [-0.4, -0.2) is 42.6 Å². The number of nitriles is 1. The van der Waals surface area contributed by atoms with Crippen molar-refractivity contribution < 1.29 is 9.59 Å². The van der Waals surface area contributed by atoms with Crippen LogP contribution in [0, 0.1) is 17.2 Å². The van der Waals surface area contributed by atoms with Gasteiger partial charge >= 0.3 is 6.03 Å². The maximum atomic E-state index is 13.2. The Morgan fingerprint density at radius 2 is 1.81 bits per heavy atom. The summed E-state index contributed by atoms with van der Waals surface area (Å²) in [7, 11) is 0. The average molecular weight is 517 g/mol. The molecule has 8 nitrogen and oxygen atoms in total. The summed E-state index contributed by atoms with van der Waals surface area (Å²) in [5.74, 6) is 0.0951. The molecular formula is C28H29ClN6O2. The molecule has 3 N–H and O–H groups in total. The molecule has 1 unspecified atom stereocenters. The van der Waals surface area contributed by atoms with Gasteiger partial charge in [-0.25, -0.2) is 4.79 Å². The molecule has 1 aliphatic heterocycles. The second-order valence-corrected chi connectivity index (χ2v) is 9.49. The van der Waals surface area contributed by atoms with Gasteiger partial charge in [0.15, 0.2) is 0 Å². The summed E-state index contributed by atoms with van der Waals surface area (Å²) in [6, 6.07) is 18.6. The molecule has 0 aliphatic carbocycles. The lowest BCUT2D eigenvalue weighted by Gasteiger charge is -2.33. The maximum absolute atomic E-state index is 13.2. The van der Waals surface area contributed by atoms with Crippen molar-refractivity contribution in [2.45, 2.75) is 25.3 Å². The summed E-state index contributed by atoms with van der Waals surface area (Å²) in [6.45, 7) is 2.37. The van der Waals surface area contributed by atoms with Crippen molar-refractivity contribution in [3.8, 4) is 6.07 Å². The van der Waals surface area contributed by atoms with E-state index in [9.17, 15) is 14.9 Å². The van der Waals surface area contributed by atoms with E-state index in [0.29, 0.717) is 28.7 Å². The van der Waals surface area contributed by atoms with E-state index in [-0.39, 0.29) is 12.3 Å². The van der Waals surface area contributed by atoms with Crippen LogP contribution in [0.4, 0.5) is 16.2 Å². The predicted molar refractivity (Wildman–Crippen MR) is 144 cm³/mol. The summed E-state index contributed by atoms with van der Waals surface area (Å²) >= 11 is 5.92. The Morgan fingerprint density at radius 1 is 1.08 bits per heavy atom. The second kappa shape index (κ2) is 12.7. The van der Waals surface area contributed by atoms with Gasteiger partial charge in [-0.2, -0.15) is 5.26 Å². The molecule has 1 aromatic heterocycles. The van der Waals surface area contributed by atoms with E-state index in [1.54, 1.807) is 54.9 Å². The Kier molecular flexibility index (Phi) is 8.95. The Morgan fingerprint density at radius 3 is 2.51 bits per heavy atom. The van der Waals surface area contributed by atoms with Gasteiger partial charge in [0.2, 0.25) is 5.91 Å². The molecule has 0 bridgehead atoms. The lowest BCUT2D eigenvalue weighted by atomic mass is 9.96. The highest BCUT2D eigenvalue weighted by molar-refractivity contribution is 6.30. The highest BCUT2D eigenvalue weighted by atomic mass is 35.5. The number of rotatable bonds is 8. The Balaban J connectivity index is 1.35. The molecule has 0 radical (unpaired) electrons. The van der Waals surface area contributed by atoms with Crippen LogP contribution in [0.3, 0.4) is 0 Å². The SMILES string of the molecule is N#Cc1cccc(CC(NC(=O)Nc2ccc(Cl)cc2)C(=O)NCC2CCN(c3ccncc3)CC2)c1. The molecule has 1 aliphatic rings.